The van der Waals surface area contributed by atoms with Gasteiger partial charge in [-0.3, -0.25) is 14.7 Å². The summed E-state index contributed by atoms with van der Waals surface area (Å²) in [5.74, 6) is 0.611. The highest BCUT2D eigenvalue weighted by atomic mass is 16.2. The monoisotopic (exact) mass is 455 g/mol. The normalized spacial score (nSPS) is 20.8. The molecule has 2 fully saturated rings. The van der Waals surface area contributed by atoms with E-state index in [1.165, 1.54) is 25.9 Å². The van der Waals surface area contributed by atoms with E-state index in [0.29, 0.717) is 17.7 Å². The molecule has 2 N–H and O–H groups in total. The van der Waals surface area contributed by atoms with Crippen LogP contribution in [0.5, 0.6) is 0 Å². The molecule has 0 radical (unpaired) electrons. The molecule has 0 spiro atoms. The summed E-state index contributed by atoms with van der Waals surface area (Å²) in [5, 5.41) is 4.28. The van der Waals surface area contributed by atoms with E-state index in [0.717, 1.165) is 60.3 Å². The van der Waals surface area contributed by atoms with Gasteiger partial charge in [0.1, 0.15) is 5.69 Å². The molecule has 8 nitrogen and oxygen atoms in total. The zero-order chi connectivity index (χ0) is 22.9. The molecule has 0 bridgehead atoms. The van der Waals surface area contributed by atoms with Crippen molar-refractivity contribution < 1.29 is 4.79 Å². The van der Waals surface area contributed by atoms with Crippen molar-refractivity contribution >= 4 is 40.4 Å². The van der Waals surface area contributed by atoms with Crippen molar-refractivity contribution in [2.24, 2.45) is 4.99 Å². The first kappa shape index (κ1) is 21.0. The summed E-state index contributed by atoms with van der Waals surface area (Å²) < 4.78 is 0. The Morgan fingerprint density at radius 3 is 2.85 bits per heavy atom. The molecule has 2 aromatic heterocycles. The van der Waals surface area contributed by atoms with Gasteiger partial charge in [0.15, 0.2) is 0 Å². The topological polar surface area (TPSA) is 89.5 Å². The number of rotatable bonds is 5. The minimum absolute atomic E-state index is 0.0877. The van der Waals surface area contributed by atoms with Gasteiger partial charge in [-0.25, -0.2) is 9.97 Å². The number of nitrogens with zero attached hydrogens (tertiary/aromatic N) is 5. The Labute approximate surface area is 198 Å². The number of aromatic amines is 1. The number of likely N-dealkylation sites (tertiary alicyclic amines) is 2. The molecule has 34 heavy (non-hydrogen) atoms. The number of anilines is 2. The van der Waals surface area contributed by atoms with Gasteiger partial charge in [0, 0.05) is 48.1 Å². The van der Waals surface area contributed by atoms with Gasteiger partial charge in [-0.05, 0) is 75.5 Å². The minimum Gasteiger partial charge on any atom is -0.351 e. The molecule has 1 amide bonds. The quantitative estimate of drug-likeness (QED) is 0.601. The smallest absolute Gasteiger partial charge is 0.270 e. The first-order valence-electron chi connectivity index (χ1n) is 12.2. The number of aliphatic imine (C=N–C) groups is 1. The number of hydrogen-bond donors (Lipinski definition) is 2. The van der Waals surface area contributed by atoms with Crippen LogP contribution in [0, 0.1) is 0 Å². The van der Waals surface area contributed by atoms with Gasteiger partial charge in [-0.1, -0.05) is 6.08 Å². The minimum atomic E-state index is 0.0877. The third-order valence-electron chi connectivity index (χ3n) is 7.00. The lowest BCUT2D eigenvalue weighted by Gasteiger charge is -2.23. The first-order valence-corrected chi connectivity index (χ1v) is 12.2. The zero-order valence-electron chi connectivity index (χ0n) is 19.2. The number of allylic oxidation sites excluding steroid dienone is 1. The van der Waals surface area contributed by atoms with Crippen LogP contribution in [0.25, 0.3) is 16.6 Å². The van der Waals surface area contributed by atoms with E-state index in [9.17, 15) is 4.79 Å². The molecule has 1 aromatic carbocycles. The molecule has 0 aliphatic carbocycles. The fraction of sp³-hybridized carbons (Fsp3) is 0.385. The number of carbonyl (C=O) groups is 1. The van der Waals surface area contributed by atoms with E-state index in [4.69, 9.17) is 0 Å². The maximum absolute atomic E-state index is 13.2. The van der Waals surface area contributed by atoms with Crippen LogP contribution in [0.3, 0.4) is 0 Å². The fourth-order valence-electron chi connectivity index (χ4n) is 5.20. The van der Waals surface area contributed by atoms with Crippen molar-refractivity contribution in [3.05, 3.63) is 54.0 Å². The molecular weight excluding hydrogens is 426 g/mol. The largest absolute Gasteiger partial charge is 0.351 e. The molecule has 3 aliphatic heterocycles. The maximum Gasteiger partial charge on any atom is 0.270 e. The van der Waals surface area contributed by atoms with Crippen LogP contribution in [0.4, 0.5) is 11.6 Å². The second-order valence-electron chi connectivity index (χ2n) is 9.29. The predicted octanol–water partition coefficient (Wildman–Crippen LogP) is 4.22. The van der Waals surface area contributed by atoms with E-state index in [1.807, 2.05) is 41.4 Å². The molecular formula is C26H29N7O. The highest BCUT2D eigenvalue weighted by Gasteiger charge is 2.32. The number of benzene rings is 1. The Balaban J connectivity index is 1.17. The molecule has 6 rings (SSSR count). The molecule has 5 heterocycles. The molecule has 8 heteroatoms. The van der Waals surface area contributed by atoms with E-state index in [1.54, 1.807) is 6.20 Å². The third-order valence-corrected chi connectivity index (χ3v) is 7.00. The van der Waals surface area contributed by atoms with Gasteiger partial charge < -0.3 is 15.2 Å². The SMILES string of the molecule is O=C(c1cc2cc(Nc3nccc(C4=CCCC=N4)n3)ccc2[nH]1)N1CCC(N2CCCC2)C1. The van der Waals surface area contributed by atoms with E-state index >= 15 is 0 Å². The Bertz CT molecular complexity index is 1270. The summed E-state index contributed by atoms with van der Waals surface area (Å²) in [7, 11) is 0. The average molecular weight is 456 g/mol. The molecule has 1 unspecified atom stereocenters. The summed E-state index contributed by atoms with van der Waals surface area (Å²) in [6.45, 7) is 4.00. The Morgan fingerprint density at radius 2 is 2.00 bits per heavy atom. The highest BCUT2D eigenvalue weighted by Crippen LogP contribution is 2.26. The maximum atomic E-state index is 13.2. The van der Waals surface area contributed by atoms with Crippen molar-refractivity contribution in [1.82, 2.24) is 24.8 Å². The van der Waals surface area contributed by atoms with E-state index in [2.05, 4.69) is 36.2 Å². The third kappa shape index (κ3) is 4.21. The number of aromatic nitrogens is 3. The Hall–Kier alpha value is -3.52. The van der Waals surface area contributed by atoms with Crippen LogP contribution in [0.15, 0.2) is 47.6 Å². The summed E-state index contributed by atoms with van der Waals surface area (Å²) in [6.07, 6.45) is 11.4. The van der Waals surface area contributed by atoms with Gasteiger partial charge in [0.2, 0.25) is 5.95 Å². The number of H-pyrrole nitrogens is 1. The summed E-state index contributed by atoms with van der Waals surface area (Å²) in [6, 6.07) is 10.3. The number of nitrogens with one attached hydrogen (secondary N) is 2. The average Bonchev–Trinajstić information content (AvgIpc) is 3.64. The summed E-state index contributed by atoms with van der Waals surface area (Å²) >= 11 is 0. The second-order valence-corrected chi connectivity index (χ2v) is 9.29. The predicted molar refractivity (Wildman–Crippen MR) is 134 cm³/mol. The van der Waals surface area contributed by atoms with Gasteiger partial charge in [0.05, 0.1) is 11.4 Å². The summed E-state index contributed by atoms with van der Waals surface area (Å²) in [4.78, 5) is 34.4. The van der Waals surface area contributed by atoms with Crippen molar-refractivity contribution in [3.8, 4) is 0 Å². The van der Waals surface area contributed by atoms with Crippen LogP contribution in [-0.4, -0.2) is 69.1 Å². The lowest BCUT2D eigenvalue weighted by atomic mass is 10.2. The van der Waals surface area contributed by atoms with Crippen LogP contribution >= 0.6 is 0 Å². The molecule has 1 atom stereocenters. The lowest BCUT2D eigenvalue weighted by molar-refractivity contribution is 0.0775. The van der Waals surface area contributed by atoms with Gasteiger partial charge >= 0.3 is 0 Å². The first-order chi connectivity index (χ1) is 16.7. The number of amides is 1. The van der Waals surface area contributed by atoms with Crippen molar-refractivity contribution in [3.63, 3.8) is 0 Å². The van der Waals surface area contributed by atoms with Gasteiger partial charge in [-0.15, -0.1) is 0 Å². The number of hydrogen-bond acceptors (Lipinski definition) is 6. The molecule has 3 aliphatic rings. The molecule has 0 saturated carbocycles. The van der Waals surface area contributed by atoms with Crippen LogP contribution in [0.1, 0.15) is 48.3 Å². The highest BCUT2D eigenvalue weighted by molar-refractivity contribution is 5.99. The summed E-state index contributed by atoms with van der Waals surface area (Å²) in [5.41, 5.74) is 4.16. The van der Waals surface area contributed by atoms with Crippen LogP contribution in [-0.2, 0) is 0 Å². The molecule has 3 aromatic rings. The van der Waals surface area contributed by atoms with E-state index < -0.39 is 0 Å². The second kappa shape index (κ2) is 9.02. The van der Waals surface area contributed by atoms with Crippen LogP contribution in [0.2, 0.25) is 0 Å². The number of carbonyl (C=O) groups excluding carboxylic acids is 1. The van der Waals surface area contributed by atoms with Crippen molar-refractivity contribution in [1.29, 1.82) is 0 Å². The number of fused-ring (bicyclic) bond motifs is 1. The lowest BCUT2D eigenvalue weighted by Crippen LogP contribution is -2.37. The molecule has 174 valence electrons. The Morgan fingerprint density at radius 1 is 1.09 bits per heavy atom. The van der Waals surface area contributed by atoms with Crippen LogP contribution < -0.4 is 5.32 Å². The zero-order valence-corrected chi connectivity index (χ0v) is 19.2. The van der Waals surface area contributed by atoms with E-state index in [-0.39, 0.29) is 5.91 Å². The standard InChI is InChI=1S/C26H29N7O/c34-25(33-14-9-20(17-33)32-12-3-4-13-32)24-16-18-15-19(6-7-21(18)30-24)29-26-28-11-8-23(31-26)22-5-1-2-10-27-22/h5-8,10-11,15-16,20,30H,1-4,9,12-14,17H2,(H,28,29,31). The van der Waals surface area contributed by atoms with Gasteiger partial charge in [-0.2, -0.15) is 0 Å². The van der Waals surface area contributed by atoms with Crippen molar-refractivity contribution in [2.45, 2.75) is 38.1 Å². The molecule has 2 saturated heterocycles. The Kier molecular flexibility index (Phi) is 5.58. The fourth-order valence-corrected chi connectivity index (χ4v) is 5.20. The van der Waals surface area contributed by atoms with Gasteiger partial charge in [0.25, 0.3) is 5.91 Å². The van der Waals surface area contributed by atoms with Crippen molar-refractivity contribution in [2.75, 3.05) is 31.5 Å².